The largest absolute Gasteiger partial charge is 0.326 e. The van der Waals surface area contributed by atoms with Crippen LogP contribution >= 0.6 is 11.3 Å². The van der Waals surface area contributed by atoms with Crippen molar-refractivity contribution in [2.24, 2.45) is 0 Å². The molecule has 1 aliphatic rings. The van der Waals surface area contributed by atoms with Crippen LogP contribution in [0.4, 0.5) is 5.69 Å². The highest BCUT2D eigenvalue weighted by Crippen LogP contribution is 2.28. The smallest absolute Gasteiger partial charge is 0.264 e. The van der Waals surface area contributed by atoms with Gasteiger partial charge in [-0.05, 0) is 61.4 Å². The van der Waals surface area contributed by atoms with Crippen molar-refractivity contribution in [1.29, 1.82) is 0 Å². The predicted octanol–water partition coefficient (Wildman–Crippen LogP) is 3.64. The number of likely N-dealkylation sites (tertiary alicyclic amines) is 1. The summed E-state index contributed by atoms with van der Waals surface area (Å²) in [6.07, 6.45) is 1.34. The first kappa shape index (κ1) is 23.4. The van der Waals surface area contributed by atoms with Gasteiger partial charge in [0.2, 0.25) is 15.9 Å². The first-order valence-electron chi connectivity index (χ1n) is 10.5. The summed E-state index contributed by atoms with van der Waals surface area (Å²) >= 11 is 1.36. The normalized spacial score (nSPS) is 16.7. The number of thiophene rings is 1. The molecule has 31 heavy (non-hydrogen) atoms. The molecule has 168 valence electrons. The second-order valence-corrected chi connectivity index (χ2v) is 10.5. The van der Waals surface area contributed by atoms with Crippen molar-refractivity contribution in [3.8, 4) is 0 Å². The monoisotopic (exact) mass is 463 g/mol. The molecule has 2 amide bonds. The first-order valence-corrected chi connectivity index (χ1v) is 12.8. The number of carbonyl (C=O) groups excluding carboxylic acids is 2. The van der Waals surface area contributed by atoms with E-state index in [1.165, 1.54) is 21.7 Å². The number of hydrogen-bond donors (Lipinski definition) is 1. The standard InChI is InChI=1S/C22H29N3O4S2/c1-5-24(6-2)31(28,29)17-13-15(3)16(4)18(14-17)23-21(26)19-9-7-11-25(19)22(27)20-10-8-12-30-20/h8,10,12-14,19H,5-7,9,11H2,1-4H3,(H,23,26)/t19-/m0/s1. The van der Waals surface area contributed by atoms with Gasteiger partial charge in [-0.2, -0.15) is 4.31 Å². The molecule has 1 aromatic heterocycles. The summed E-state index contributed by atoms with van der Waals surface area (Å²) in [7, 11) is -3.65. The maximum Gasteiger partial charge on any atom is 0.264 e. The van der Waals surface area contributed by atoms with Crippen molar-refractivity contribution >= 4 is 38.9 Å². The van der Waals surface area contributed by atoms with Gasteiger partial charge in [-0.15, -0.1) is 11.3 Å². The van der Waals surface area contributed by atoms with E-state index >= 15 is 0 Å². The number of carbonyl (C=O) groups is 2. The van der Waals surface area contributed by atoms with Gasteiger partial charge in [0.15, 0.2) is 0 Å². The van der Waals surface area contributed by atoms with Gasteiger partial charge in [-0.3, -0.25) is 9.59 Å². The molecule has 0 radical (unpaired) electrons. The molecule has 2 heterocycles. The van der Waals surface area contributed by atoms with E-state index in [1.54, 1.807) is 30.9 Å². The topological polar surface area (TPSA) is 86.8 Å². The number of benzene rings is 1. The number of sulfonamides is 1. The molecule has 0 saturated carbocycles. The number of nitrogens with one attached hydrogen (secondary N) is 1. The molecule has 1 saturated heterocycles. The third-order valence-corrected chi connectivity index (χ3v) is 8.68. The SMILES string of the molecule is CCN(CC)S(=O)(=O)c1cc(C)c(C)c(NC(=O)[C@@H]2CCCN2C(=O)c2cccs2)c1. The van der Waals surface area contributed by atoms with E-state index in [9.17, 15) is 18.0 Å². The Hall–Kier alpha value is -2.23. The van der Waals surface area contributed by atoms with Crippen LogP contribution in [0.2, 0.25) is 0 Å². The molecule has 0 spiro atoms. The van der Waals surface area contributed by atoms with Crippen LogP contribution in [-0.4, -0.2) is 55.1 Å². The molecule has 1 atom stereocenters. The molecule has 1 aliphatic heterocycles. The highest BCUT2D eigenvalue weighted by Gasteiger charge is 2.35. The summed E-state index contributed by atoms with van der Waals surface area (Å²) < 4.78 is 27.4. The maximum absolute atomic E-state index is 13.1. The van der Waals surface area contributed by atoms with Crippen LogP contribution in [0.5, 0.6) is 0 Å². The van der Waals surface area contributed by atoms with Crippen molar-refractivity contribution in [3.05, 3.63) is 45.6 Å². The quantitative estimate of drug-likeness (QED) is 0.679. The molecular formula is C22H29N3O4S2. The molecule has 0 bridgehead atoms. The predicted molar refractivity (Wildman–Crippen MR) is 123 cm³/mol. The van der Waals surface area contributed by atoms with Crippen LogP contribution < -0.4 is 5.32 Å². The Morgan fingerprint density at radius 1 is 1.23 bits per heavy atom. The average molecular weight is 464 g/mol. The Bertz CT molecular complexity index is 1060. The number of hydrogen-bond acceptors (Lipinski definition) is 5. The van der Waals surface area contributed by atoms with Crippen LogP contribution in [0.25, 0.3) is 0 Å². The van der Waals surface area contributed by atoms with E-state index in [1.807, 2.05) is 25.3 Å². The molecule has 7 nitrogen and oxygen atoms in total. The lowest BCUT2D eigenvalue weighted by atomic mass is 10.1. The number of nitrogens with zero attached hydrogens (tertiary/aromatic N) is 2. The minimum atomic E-state index is -3.65. The Morgan fingerprint density at radius 3 is 2.55 bits per heavy atom. The fourth-order valence-electron chi connectivity index (χ4n) is 3.86. The van der Waals surface area contributed by atoms with Gasteiger partial charge < -0.3 is 10.2 Å². The van der Waals surface area contributed by atoms with Crippen molar-refractivity contribution in [2.75, 3.05) is 25.0 Å². The summed E-state index contributed by atoms with van der Waals surface area (Å²) in [5.41, 5.74) is 2.05. The van der Waals surface area contributed by atoms with Crippen LogP contribution in [0.1, 0.15) is 47.5 Å². The van der Waals surface area contributed by atoms with E-state index in [0.29, 0.717) is 36.6 Å². The van der Waals surface area contributed by atoms with Gasteiger partial charge in [-0.1, -0.05) is 19.9 Å². The van der Waals surface area contributed by atoms with Gasteiger partial charge in [0, 0.05) is 25.3 Å². The van der Waals surface area contributed by atoms with E-state index in [2.05, 4.69) is 5.32 Å². The third kappa shape index (κ3) is 4.68. The van der Waals surface area contributed by atoms with E-state index < -0.39 is 16.1 Å². The molecule has 1 aromatic carbocycles. The van der Waals surface area contributed by atoms with Gasteiger partial charge in [-0.25, -0.2) is 8.42 Å². The number of amides is 2. The molecule has 1 N–H and O–H groups in total. The maximum atomic E-state index is 13.1. The summed E-state index contributed by atoms with van der Waals surface area (Å²) in [6, 6.07) is 6.17. The molecule has 9 heteroatoms. The highest BCUT2D eigenvalue weighted by atomic mass is 32.2. The third-order valence-electron chi connectivity index (χ3n) is 5.79. The van der Waals surface area contributed by atoms with Crippen molar-refractivity contribution < 1.29 is 18.0 Å². The van der Waals surface area contributed by atoms with Crippen molar-refractivity contribution in [3.63, 3.8) is 0 Å². The Balaban J connectivity index is 1.87. The summed E-state index contributed by atoms with van der Waals surface area (Å²) in [5, 5.41) is 4.74. The van der Waals surface area contributed by atoms with E-state index in [4.69, 9.17) is 0 Å². The fraction of sp³-hybridized carbons (Fsp3) is 0.455. The fourth-order valence-corrected chi connectivity index (χ4v) is 6.11. The van der Waals surface area contributed by atoms with E-state index in [0.717, 1.165) is 17.5 Å². The lowest BCUT2D eigenvalue weighted by molar-refractivity contribution is -0.119. The van der Waals surface area contributed by atoms with Gasteiger partial charge in [0.05, 0.1) is 9.77 Å². The van der Waals surface area contributed by atoms with Crippen molar-refractivity contribution in [2.45, 2.75) is 51.5 Å². The summed E-state index contributed by atoms with van der Waals surface area (Å²) in [5.74, 6) is -0.430. The summed E-state index contributed by atoms with van der Waals surface area (Å²) in [6.45, 7) is 8.54. The van der Waals surface area contributed by atoms with Gasteiger partial charge in [0.1, 0.15) is 6.04 Å². The van der Waals surface area contributed by atoms with Crippen LogP contribution in [-0.2, 0) is 14.8 Å². The molecule has 0 aliphatic carbocycles. The lowest BCUT2D eigenvalue weighted by Crippen LogP contribution is -2.43. The van der Waals surface area contributed by atoms with Crippen molar-refractivity contribution in [1.82, 2.24) is 9.21 Å². The number of anilines is 1. The van der Waals surface area contributed by atoms with Crippen LogP contribution in [0.3, 0.4) is 0 Å². The average Bonchev–Trinajstić information content (AvgIpc) is 3.43. The lowest BCUT2D eigenvalue weighted by Gasteiger charge is -2.24. The minimum Gasteiger partial charge on any atom is -0.326 e. The zero-order valence-electron chi connectivity index (χ0n) is 18.3. The number of rotatable bonds is 7. The Labute approximate surface area is 188 Å². The molecule has 3 rings (SSSR count). The first-order chi connectivity index (χ1) is 14.7. The minimum absolute atomic E-state index is 0.140. The van der Waals surface area contributed by atoms with Crippen LogP contribution in [0, 0.1) is 13.8 Å². The Morgan fingerprint density at radius 2 is 1.94 bits per heavy atom. The Kier molecular flexibility index (Phi) is 7.18. The highest BCUT2D eigenvalue weighted by molar-refractivity contribution is 7.89. The molecular weight excluding hydrogens is 434 g/mol. The molecule has 1 fully saturated rings. The van der Waals surface area contributed by atoms with Crippen LogP contribution in [0.15, 0.2) is 34.5 Å². The molecule has 0 unspecified atom stereocenters. The van der Waals surface area contributed by atoms with Gasteiger partial charge >= 0.3 is 0 Å². The number of aryl methyl sites for hydroxylation is 1. The molecule has 2 aromatic rings. The summed E-state index contributed by atoms with van der Waals surface area (Å²) in [4.78, 5) is 28.3. The second kappa shape index (κ2) is 9.50. The zero-order valence-corrected chi connectivity index (χ0v) is 20.0. The van der Waals surface area contributed by atoms with Gasteiger partial charge in [0.25, 0.3) is 5.91 Å². The second-order valence-electron chi connectivity index (χ2n) is 7.63. The zero-order chi connectivity index (χ0) is 22.8. The van der Waals surface area contributed by atoms with E-state index in [-0.39, 0.29) is 16.7 Å².